The highest BCUT2D eigenvalue weighted by Crippen LogP contribution is 2.37. The molecule has 1 aromatic rings. The predicted molar refractivity (Wildman–Crippen MR) is 56.2 cm³/mol. The number of aliphatic carboxylic acids is 1. The van der Waals surface area contributed by atoms with Gasteiger partial charge in [-0.15, -0.1) is 0 Å². The number of carboxylic acids is 1. The first-order valence-corrected chi connectivity index (χ1v) is 4.99. The molecule has 0 spiro atoms. The molecule has 0 aromatic heterocycles. The Balaban J connectivity index is 2.37. The van der Waals surface area contributed by atoms with Crippen LogP contribution in [0.15, 0.2) is 18.2 Å². The SMILES string of the molecule is CC1(C)Cc2cccc(CC(=O)O)c2O1. The van der Waals surface area contributed by atoms with Gasteiger partial charge in [-0.2, -0.15) is 0 Å². The summed E-state index contributed by atoms with van der Waals surface area (Å²) >= 11 is 0. The lowest BCUT2D eigenvalue weighted by Crippen LogP contribution is -2.25. The van der Waals surface area contributed by atoms with Crippen LogP contribution in [0.2, 0.25) is 0 Å². The van der Waals surface area contributed by atoms with Crippen LogP contribution in [0, 0.1) is 0 Å². The molecule has 2 rings (SSSR count). The van der Waals surface area contributed by atoms with Gasteiger partial charge in [0.1, 0.15) is 11.4 Å². The fraction of sp³-hybridized carbons (Fsp3) is 0.417. The number of fused-ring (bicyclic) bond motifs is 1. The zero-order valence-corrected chi connectivity index (χ0v) is 8.91. The molecule has 0 amide bonds. The van der Waals surface area contributed by atoms with Gasteiger partial charge in [0, 0.05) is 12.0 Å². The summed E-state index contributed by atoms with van der Waals surface area (Å²) in [5.74, 6) is -0.0541. The Hall–Kier alpha value is -1.51. The second-order valence-corrected chi connectivity index (χ2v) is 4.51. The number of carboxylic acid groups (broad SMARTS) is 1. The van der Waals surface area contributed by atoms with E-state index >= 15 is 0 Å². The second kappa shape index (κ2) is 3.26. The van der Waals surface area contributed by atoms with E-state index in [0.717, 1.165) is 23.3 Å². The minimum atomic E-state index is -0.822. The minimum absolute atomic E-state index is 0.0270. The van der Waals surface area contributed by atoms with Crippen LogP contribution in [0.25, 0.3) is 0 Å². The van der Waals surface area contributed by atoms with Crippen LogP contribution >= 0.6 is 0 Å². The number of ether oxygens (including phenoxy) is 1. The fourth-order valence-electron chi connectivity index (χ4n) is 1.98. The quantitative estimate of drug-likeness (QED) is 0.805. The van der Waals surface area contributed by atoms with E-state index in [0.29, 0.717) is 0 Å². The van der Waals surface area contributed by atoms with Crippen molar-refractivity contribution < 1.29 is 14.6 Å². The Kier molecular flexibility index (Phi) is 2.18. The van der Waals surface area contributed by atoms with Gasteiger partial charge in [0.05, 0.1) is 6.42 Å². The molecule has 0 saturated heterocycles. The van der Waals surface area contributed by atoms with Gasteiger partial charge in [-0.05, 0) is 19.4 Å². The molecular formula is C12H14O3. The van der Waals surface area contributed by atoms with Crippen molar-refractivity contribution in [2.75, 3.05) is 0 Å². The van der Waals surface area contributed by atoms with Crippen LogP contribution in [-0.4, -0.2) is 16.7 Å². The number of para-hydroxylation sites is 1. The van der Waals surface area contributed by atoms with E-state index in [9.17, 15) is 4.79 Å². The van der Waals surface area contributed by atoms with Crippen molar-refractivity contribution in [3.8, 4) is 5.75 Å². The number of rotatable bonds is 2. The first kappa shape index (κ1) is 10.0. The smallest absolute Gasteiger partial charge is 0.307 e. The molecule has 1 heterocycles. The number of hydrogen-bond acceptors (Lipinski definition) is 2. The number of hydrogen-bond donors (Lipinski definition) is 1. The number of benzene rings is 1. The van der Waals surface area contributed by atoms with Gasteiger partial charge in [0.25, 0.3) is 0 Å². The standard InChI is InChI=1S/C12H14O3/c1-12(2)7-9-5-3-4-8(6-10(13)14)11(9)15-12/h3-5H,6-7H2,1-2H3,(H,13,14). The Bertz CT molecular complexity index is 407. The monoisotopic (exact) mass is 206 g/mol. The summed E-state index contributed by atoms with van der Waals surface area (Å²) in [5, 5.41) is 8.77. The molecule has 1 aliphatic heterocycles. The molecule has 0 unspecified atom stereocenters. The van der Waals surface area contributed by atoms with Crippen molar-refractivity contribution in [2.45, 2.75) is 32.3 Å². The molecule has 0 fully saturated rings. The van der Waals surface area contributed by atoms with E-state index in [2.05, 4.69) is 0 Å². The Morgan fingerprint density at radius 2 is 2.27 bits per heavy atom. The van der Waals surface area contributed by atoms with Gasteiger partial charge in [0.15, 0.2) is 0 Å². The van der Waals surface area contributed by atoms with Crippen molar-refractivity contribution in [3.05, 3.63) is 29.3 Å². The fourth-order valence-corrected chi connectivity index (χ4v) is 1.98. The lowest BCUT2D eigenvalue weighted by atomic mass is 10.00. The van der Waals surface area contributed by atoms with Crippen molar-refractivity contribution in [3.63, 3.8) is 0 Å². The highest BCUT2D eigenvalue weighted by atomic mass is 16.5. The maximum Gasteiger partial charge on any atom is 0.307 e. The maximum absolute atomic E-state index is 10.7. The zero-order chi connectivity index (χ0) is 11.1. The van der Waals surface area contributed by atoms with Crippen molar-refractivity contribution in [2.24, 2.45) is 0 Å². The van der Waals surface area contributed by atoms with E-state index in [1.807, 2.05) is 32.0 Å². The summed E-state index contributed by atoms with van der Waals surface area (Å²) in [5.41, 5.74) is 1.67. The highest BCUT2D eigenvalue weighted by Gasteiger charge is 2.31. The van der Waals surface area contributed by atoms with E-state index < -0.39 is 5.97 Å². The van der Waals surface area contributed by atoms with Crippen molar-refractivity contribution in [1.82, 2.24) is 0 Å². The molecule has 0 bridgehead atoms. The molecule has 1 aromatic carbocycles. The Morgan fingerprint density at radius 1 is 1.53 bits per heavy atom. The van der Waals surface area contributed by atoms with Crippen LogP contribution < -0.4 is 4.74 Å². The normalized spacial score (nSPS) is 16.9. The third kappa shape index (κ3) is 1.96. The lowest BCUT2D eigenvalue weighted by molar-refractivity contribution is -0.136. The molecule has 0 aliphatic carbocycles. The van der Waals surface area contributed by atoms with Crippen LogP contribution in [0.4, 0.5) is 0 Å². The summed E-state index contributed by atoms with van der Waals surface area (Å²) in [4.78, 5) is 10.7. The zero-order valence-electron chi connectivity index (χ0n) is 8.91. The summed E-state index contributed by atoms with van der Waals surface area (Å²) in [6, 6.07) is 5.70. The van der Waals surface area contributed by atoms with Gasteiger partial charge in [0.2, 0.25) is 0 Å². The first-order valence-electron chi connectivity index (χ1n) is 4.99. The first-order chi connectivity index (χ1) is 6.98. The maximum atomic E-state index is 10.7. The summed E-state index contributed by atoms with van der Waals surface area (Å²) in [7, 11) is 0. The Morgan fingerprint density at radius 3 is 2.93 bits per heavy atom. The molecule has 0 radical (unpaired) electrons. The van der Waals surface area contributed by atoms with Crippen LogP contribution in [0.5, 0.6) is 5.75 Å². The van der Waals surface area contributed by atoms with E-state index in [1.165, 1.54) is 0 Å². The van der Waals surface area contributed by atoms with Crippen LogP contribution in [0.3, 0.4) is 0 Å². The van der Waals surface area contributed by atoms with Crippen molar-refractivity contribution >= 4 is 5.97 Å². The summed E-state index contributed by atoms with van der Waals surface area (Å²) < 4.78 is 5.76. The summed E-state index contributed by atoms with van der Waals surface area (Å²) in [6.45, 7) is 4.02. The van der Waals surface area contributed by atoms with E-state index in [4.69, 9.17) is 9.84 Å². The Labute approximate surface area is 88.7 Å². The van der Waals surface area contributed by atoms with Gasteiger partial charge < -0.3 is 9.84 Å². The molecule has 0 atom stereocenters. The van der Waals surface area contributed by atoms with Crippen molar-refractivity contribution in [1.29, 1.82) is 0 Å². The molecule has 3 nitrogen and oxygen atoms in total. The third-order valence-corrected chi connectivity index (χ3v) is 2.51. The molecule has 80 valence electrons. The molecule has 1 aliphatic rings. The third-order valence-electron chi connectivity index (χ3n) is 2.51. The molecule has 0 saturated carbocycles. The minimum Gasteiger partial charge on any atom is -0.487 e. The summed E-state index contributed by atoms with van der Waals surface area (Å²) in [6.07, 6.45) is 0.870. The van der Waals surface area contributed by atoms with Gasteiger partial charge in [-0.1, -0.05) is 18.2 Å². The van der Waals surface area contributed by atoms with Gasteiger partial charge >= 0.3 is 5.97 Å². The highest BCUT2D eigenvalue weighted by molar-refractivity contribution is 5.72. The largest absolute Gasteiger partial charge is 0.487 e. The average Bonchev–Trinajstić information content (AvgIpc) is 2.39. The molecule has 1 N–H and O–H groups in total. The average molecular weight is 206 g/mol. The molecule has 15 heavy (non-hydrogen) atoms. The van der Waals surface area contributed by atoms with E-state index in [-0.39, 0.29) is 12.0 Å². The van der Waals surface area contributed by atoms with E-state index in [1.54, 1.807) is 0 Å². The predicted octanol–water partition coefficient (Wildman–Crippen LogP) is 2.03. The molecule has 3 heteroatoms. The topological polar surface area (TPSA) is 46.5 Å². The van der Waals surface area contributed by atoms with Gasteiger partial charge in [-0.3, -0.25) is 4.79 Å². The van der Waals surface area contributed by atoms with Crippen LogP contribution in [0.1, 0.15) is 25.0 Å². The second-order valence-electron chi connectivity index (χ2n) is 4.51. The van der Waals surface area contributed by atoms with Gasteiger partial charge in [-0.25, -0.2) is 0 Å². The van der Waals surface area contributed by atoms with Crippen LogP contribution in [-0.2, 0) is 17.6 Å². The number of carbonyl (C=O) groups is 1. The lowest BCUT2D eigenvalue weighted by Gasteiger charge is -2.17. The molecular weight excluding hydrogens is 192 g/mol.